The summed E-state index contributed by atoms with van der Waals surface area (Å²) < 4.78 is 0. The topological polar surface area (TPSA) is 29.1 Å². The smallest absolute Gasteiger partial charge is 0.251 e. The van der Waals surface area contributed by atoms with Crippen LogP contribution in [0.2, 0.25) is 10.0 Å². The summed E-state index contributed by atoms with van der Waals surface area (Å²) in [5.74, 6) is 1.77. The van der Waals surface area contributed by atoms with E-state index >= 15 is 0 Å². The predicted octanol–water partition coefficient (Wildman–Crippen LogP) is 6.36. The Bertz CT molecular complexity index is 898. The highest BCUT2D eigenvalue weighted by atomic mass is 35.5. The molecule has 0 radical (unpaired) electrons. The van der Waals surface area contributed by atoms with Crippen LogP contribution in [0.5, 0.6) is 0 Å². The monoisotopic (exact) mass is 415 g/mol. The molecule has 0 saturated carbocycles. The van der Waals surface area contributed by atoms with Crippen LogP contribution in [0, 0.1) is 0 Å². The molecule has 0 atom stereocenters. The van der Waals surface area contributed by atoms with Crippen LogP contribution in [0.4, 0.5) is 0 Å². The largest absolute Gasteiger partial charge is 0.348 e. The van der Waals surface area contributed by atoms with Crippen molar-refractivity contribution in [3.8, 4) is 0 Å². The molecule has 0 aliphatic rings. The van der Waals surface area contributed by atoms with Crippen LogP contribution in [-0.4, -0.2) is 5.91 Å². The minimum Gasteiger partial charge on any atom is -0.348 e. The second-order valence-corrected chi connectivity index (χ2v) is 7.92. The van der Waals surface area contributed by atoms with Crippen molar-refractivity contribution < 1.29 is 4.79 Å². The summed E-state index contributed by atoms with van der Waals surface area (Å²) in [6.45, 7) is 0.365. The first-order chi connectivity index (χ1) is 13.1. The summed E-state index contributed by atoms with van der Waals surface area (Å²) in [6.07, 6.45) is 0. The Hall–Kier alpha value is -1.94. The van der Waals surface area contributed by atoms with Gasteiger partial charge in [-0.1, -0.05) is 71.7 Å². The van der Waals surface area contributed by atoms with E-state index < -0.39 is 0 Å². The molecular formula is C22H19Cl2NOS. The van der Waals surface area contributed by atoms with Gasteiger partial charge < -0.3 is 5.32 Å². The van der Waals surface area contributed by atoms with Gasteiger partial charge in [-0.05, 0) is 41.0 Å². The Kier molecular flexibility index (Phi) is 7.22. The van der Waals surface area contributed by atoms with E-state index in [1.165, 1.54) is 11.1 Å². The van der Waals surface area contributed by atoms with Crippen LogP contribution < -0.4 is 5.32 Å². The van der Waals surface area contributed by atoms with Gasteiger partial charge in [-0.25, -0.2) is 0 Å². The van der Waals surface area contributed by atoms with Crippen LogP contribution in [0.15, 0.2) is 72.8 Å². The number of hydrogen-bond acceptors (Lipinski definition) is 2. The lowest BCUT2D eigenvalue weighted by molar-refractivity contribution is 0.0951. The minimum absolute atomic E-state index is 0.121. The fourth-order valence-electron chi connectivity index (χ4n) is 2.56. The van der Waals surface area contributed by atoms with Gasteiger partial charge in [0.05, 0.1) is 0 Å². The molecule has 3 rings (SSSR count). The molecule has 0 saturated heterocycles. The summed E-state index contributed by atoms with van der Waals surface area (Å²) in [6, 6.07) is 23.4. The fraction of sp³-hybridized carbons (Fsp3) is 0.136. The van der Waals surface area contributed by atoms with Crippen molar-refractivity contribution in [1.82, 2.24) is 5.32 Å². The molecule has 138 valence electrons. The summed E-state index contributed by atoms with van der Waals surface area (Å²) in [4.78, 5) is 12.3. The van der Waals surface area contributed by atoms with Gasteiger partial charge in [-0.2, -0.15) is 11.8 Å². The number of rotatable bonds is 7. The Morgan fingerprint density at radius 2 is 1.52 bits per heavy atom. The Balaban J connectivity index is 1.49. The van der Waals surface area contributed by atoms with E-state index in [1.54, 1.807) is 12.1 Å². The first-order valence-corrected chi connectivity index (χ1v) is 10.5. The van der Waals surface area contributed by atoms with Crippen LogP contribution in [0.25, 0.3) is 0 Å². The van der Waals surface area contributed by atoms with E-state index in [-0.39, 0.29) is 5.91 Å². The summed E-state index contributed by atoms with van der Waals surface area (Å²) in [5.41, 5.74) is 3.99. The van der Waals surface area contributed by atoms with Gasteiger partial charge in [0.2, 0.25) is 0 Å². The Morgan fingerprint density at radius 1 is 0.852 bits per heavy atom. The molecule has 3 aromatic carbocycles. The normalized spacial score (nSPS) is 10.6. The second-order valence-electron chi connectivity index (χ2n) is 6.09. The summed E-state index contributed by atoms with van der Waals surface area (Å²) >= 11 is 13.9. The fourth-order valence-corrected chi connectivity index (χ4v) is 3.99. The number of carbonyl (C=O) groups is 1. The van der Waals surface area contributed by atoms with Crippen molar-refractivity contribution in [1.29, 1.82) is 0 Å². The van der Waals surface area contributed by atoms with Crippen LogP contribution in [0.1, 0.15) is 27.0 Å². The molecule has 1 N–H and O–H groups in total. The number of benzene rings is 3. The van der Waals surface area contributed by atoms with Crippen molar-refractivity contribution in [2.24, 2.45) is 0 Å². The third kappa shape index (κ3) is 6.03. The zero-order chi connectivity index (χ0) is 19.1. The maximum absolute atomic E-state index is 12.3. The SMILES string of the molecule is O=C(NCc1ccc(Cl)cc1Cl)c1ccc(CSCc2ccccc2)cc1. The van der Waals surface area contributed by atoms with Crippen LogP contribution >= 0.6 is 35.0 Å². The second kappa shape index (κ2) is 9.84. The molecule has 0 aliphatic heterocycles. The van der Waals surface area contributed by atoms with Crippen LogP contribution in [-0.2, 0) is 18.1 Å². The average molecular weight is 416 g/mol. The lowest BCUT2D eigenvalue weighted by Crippen LogP contribution is -2.22. The first-order valence-electron chi connectivity index (χ1n) is 8.54. The highest BCUT2D eigenvalue weighted by molar-refractivity contribution is 7.97. The molecular weight excluding hydrogens is 397 g/mol. The standard InChI is InChI=1S/C22H19Cl2NOS/c23-20-11-10-19(21(24)12-20)13-25-22(26)18-8-6-17(7-9-18)15-27-14-16-4-2-1-3-5-16/h1-12H,13-15H2,(H,25,26). The Labute approximate surface area is 173 Å². The molecule has 0 spiro atoms. The zero-order valence-corrected chi connectivity index (χ0v) is 17.0. The third-order valence-electron chi connectivity index (χ3n) is 4.05. The van der Waals surface area contributed by atoms with E-state index in [0.717, 1.165) is 17.1 Å². The van der Waals surface area contributed by atoms with E-state index in [9.17, 15) is 4.79 Å². The molecule has 0 heterocycles. The van der Waals surface area contributed by atoms with Gasteiger partial charge in [0.1, 0.15) is 0 Å². The van der Waals surface area contributed by atoms with E-state index in [0.29, 0.717) is 22.2 Å². The number of amides is 1. The summed E-state index contributed by atoms with van der Waals surface area (Å²) in [7, 11) is 0. The highest BCUT2D eigenvalue weighted by Gasteiger charge is 2.07. The molecule has 0 fully saturated rings. The van der Waals surface area contributed by atoms with Crippen molar-refractivity contribution >= 4 is 40.9 Å². The quantitative estimate of drug-likeness (QED) is 0.486. The highest BCUT2D eigenvalue weighted by Crippen LogP contribution is 2.21. The summed E-state index contributed by atoms with van der Waals surface area (Å²) in [5, 5.41) is 4.02. The predicted molar refractivity (Wildman–Crippen MR) is 116 cm³/mol. The molecule has 0 aromatic heterocycles. The first kappa shape index (κ1) is 19.8. The molecule has 0 unspecified atom stereocenters. The Morgan fingerprint density at radius 3 is 2.19 bits per heavy atom. The zero-order valence-electron chi connectivity index (χ0n) is 14.6. The van der Waals surface area contributed by atoms with Crippen molar-refractivity contribution in [2.45, 2.75) is 18.1 Å². The molecule has 0 bridgehead atoms. The van der Waals surface area contributed by atoms with Crippen molar-refractivity contribution in [3.05, 3.63) is 105 Å². The lowest BCUT2D eigenvalue weighted by Gasteiger charge is -2.08. The maximum Gasteiger partial charge on any atom is 0.251 e. The lowest BCUT2D eigenvalue weighted by atomic mass is 10.1. The molecule has 3 aromatic rings. The molecule has 5 heteroatoms. The van der Waals surface area contributed by atoms with E-state index in [1.807, 2.05) is 48.2 Å². The van der Waals surface area contributed by atoms with Crippen molar-refractivity contribution in [2.75, 3.05) is 0 Å². The molecule has 1 amide bonds. The van der Waals surface area contributed by atoms with Gasteiger partial charge in [-0.3, -0.25) is 4.79 Å². The number of halogens is 2. The molecule has 2 nitrogen and oxygen atoms in total. The van der Waals surface area contributed by atoms with E-state index in [4.69, 9.17) is 23.2 Å². The van der Waals surface area contributed by atoms with Gasteiger partial charge >= 0.3 is 0 Å². The van der Waals surface area contributed by atoms with Gasteiger partial charge in [0.15, 0.2) is 0 Å². The minimum atomic E-state index is -0.121. The van der Waals surface area contributed by atoms with Gasteiger partial charge in [-0.15, -0.1) is 0 Å². The maximum atomic E-state index is 12.3. The number of carbonyl (C=O) groups excluding carboxylic acids is 1. The molecule has 0 aliphatic carbocycles. The average Bonchev–Trinajstić information content (AvgIpc) is 2.68. The van der Waals surface area contributed by atoms with Gasteiger partial charge in [0.25, 0.3) is 5.91 Å². The van der Waals surface area contributed by atoms with Gasteiger partial charge in [0, 0.05) is 33.7 Å². The third-order valence-corrected chi connectivity index (χ3v) is 5.71. The van der Waals surface area contributed by atoms with Crippen LogP contribution in [0.3, 0.4) is 0 Å². The van der Waals surface area contributed by atoms with E-state index in [2.05, 4.69) is 29.6 Å². The number of thioether (sulfide) groups is 1. The number of hydrogen-bond donors (Lipinski definition) is 1. The molecule has 27 heavy (non-hydrogen) atoms. The number of nitrogens with one attached hydrogen (secondary N) is 1. The van der Waals surface area contributed by atoms with Crippen molar-refractivity contribution in [3.63, 3.8) is 0 Å².